The Labute approximate surface area is 102 Å². The number of thioether (sulfide) groups is 1. The van der Waals surface area contributed by atoms with Crippen molar-refractivity contribution in [2.45, 2.75) is 4.90 Å². The molecule has 0 aliphatic rings. The minimum absolute atomic E-state index is 0.222. The van der Waals surface area contributed by atoms with E-state index >= 15 is 0 Å². The lowest BCUT2D eigenvalue weighted by molar-refractivity contribution is -0.396. The van der Waals surface area contributed by atoms with Crippen molar-refractivity contribution in [3.05, 3.63) is 38.4 Å². The third-order valence-corrected chi connectivity index (χ3v) is 3.02. The van der Waals surface area contributed by atoms with Crippen LogP contribution in [0.2, 0.25) is 0 Å². The number of nitrogens with zero attached hydrogens (tertiary/aromatic N) is 2. The summed E-state index contributed by atoms with van der Waals surface area (Å²) in [6.45, 7) is 0.707. The highest BCUT2D eigenvalue weighted by Gasteiger charge is 2.19. The lowest BCUT2D eigenvalue weighted by Crippen LogP contribution is -2.09. The highest BCUT2D eigenvalue weighted by atomic mass is 32.2. The van der Waals surface area contributed by atoms with Crippen molar-refractivity contribution < 1.29 is 9.85 Å². The summed E-state index contributed by atoms with van der Waals surface area (Å²) in [5, 5.41) is 24.2. The molecule has 0 saturated heterocycles. The first-order chi connectivity index (χ1) is 8.06. The summed E-state index contributed by atoms with van der Waals surface area (Å²) in [4.78, 5) is 20.5. The molecule has 0 saturated carbocycles. The Morgan fingerprint density at radius 1 is 1.29 bits per heavy atom. The SMILES string of the molecule is CNCCSc1ccc([N+](=O)[O-])cc1[N+](=O)[O-]. The fourth-order valence-electron chi connectivity index (χ4n) is 1.15. The predicted molar refractivity (Wildman–Crippen MR) is 64.4 cm³/mol. The van der Waals surface area contributed by atoms with Gasteiger partial charge < -0.3 is 5.32 Å². The third kappa shape index (κ3) is 3.68. The molecule has 1 rings (SSSR count). The smallest absolute Gasteiger partial charge is 0.289 e. The number of non-ortho nitro benzene ring substituents is 1. The average molecular weight is 257 g/mol. The predicted octanol–water partition coefficient (Wildman–Crippen LogP) is 1.81. The molecular formula is C9H11N3O4S. The van der Waals surface area contributed by atoms with Crippen molar-refractivity contribution in [2.24, 2.45) is 0 Å². The van der Waals surface area contributed by atoms with Crippen molar-refractivity contribution in [2.75, 3.05) is 19.3 Å². The number of hydrogen-bond acceptors (Lipinski definition) is 6. The van der Waals surface area contributed by atoms with Crippen molar-refractivity contribution in [3.63, 3.8) is 0 Å². The second kappa shape index (κ2) is 6.16. The summed E-state index contributed by atoms with van der Waals surface area (Å²) in [7, 11) is 1.78. The summed E-state index contributed by atoms with van der Waals surface area (Å²) >= 11 is 1.29. The third-order valence-electron chi connectivity index (χ3n) is 1.96. The van der Waals surface area contributed by atoms with Crippen LogP contribution < -0.4 is 5.32 Å². The minimum Gasteiger partial charge on any atom is -0.319 e. The molecule has 0 fully saturated rings. The molecule has 0 radical (unpaired) electrons. The standard InChI is InChI=1S/C9H11N3O4S/c1-10-4-5-17-9-3-2-7(11(13)14)6-8(9)12(15)16/h2-3,6,10H,4-5H2,1H3. The fourth-order valence-corrected chi connectivity index (χ4v) is 2.12. The van der Waals surface area contributed by atoms with Gasteiger partial charge in [-0.2, -0.15) is 0 Å². The van der Waals surface area contributed by atoms with E-state index < -0.39 is 9.85 Å². The molecule has 8 heteroatoms. The zero-order valence-electron chi connectivity index (χ0n) is 9.08. The number of rotatable bonds is 6. The van der Waals surface area contributed by atoms with Crippen molar-refractivity contribution in [1.29, 1.82) is 0 Å². The number of benzene rings is 1. The largest absolute Gasteiger partial charge is 0.319 e. The molecule has 1 N–H and O–H groups in total. The molecule has 0 aromatic heterocycles. The first kappa shape index (κ1) is 13.4. The van der Waals surface area contributed by atoms with E-state index in [0.29, 0.717) is 17.2 Å². The molecular weight excluding hydrogens is 246 g/mol. The second-order valence-electron chi connectivity index (χ2n) is 3.12. The van der Waals surface area contributed by atoms with Gasteiger partial charge in [-0.3, -0.25) is 20.2 Å². The number of nitro benzene ring substituents is 2. The molecule has 0 atom stereocenters. The van der Waals surface area contributed by atoms with E-state index in [0.717, 1.165) is 6.07 Å². The summed E-state index contributed by atoms with van der Waals surface area (Å²) in [5.41, 5.74) is -0.491. The Morgan fingerprint density at radius 3 is 2.53 bits per heavy atom. The Balaban J connectivity index is 2.96. The topological polar surface area (TPSA) is 98.3 Å². The van der Waals surface area contributed by atoms with E-state index in [2.05, 4.69) is 5.32 Å². The normalized spacial score (nSPS) is 10.2. The van der Waals surface area contributed by atoms with Gasteiger partial charge in [0.1, 0.15) is 0 Å². The van der Waals surface area contributed by atoms with Gasteiger partial charge >= 0.3 is 0 Å². The van der Waals surface area contributed by atoms with E-state index in [9.17, 15) is 20.2 Å². The summed E-state index contributed by atoms with van der Waals surface area (Å²) in [6, 6.07) is 3.67. The van der Waals surface area contributed by atoms with Gasteiger partial charge in [0.25, 0.3) is 11.4 Å². The van der Waals surface area contributed by atoms with Gasteiger partial charge in [0.05, 0.1) is 20.8 Å². The van der Waals surface area contributed by atoms with E-state index in [1.165, 1.54) is 23.9 Å². The molecule has 0 aliphatic heterocycles. The maximum atomic E-state index is 10.8. The first-order valence-corrected chi connectivity index (χ1v) is 5.75. The Kier molecular flexibility index (Phi) is 4.85. The van der Waals surface area contributed by atoms with Crippen LogP contribution in [0.5, 0.6) is 0 Å². The van der Waals surface area contributed by atoms with Crippen LogP contribution in [-0.4, -0.2) is 29.2 Å². The Morgan fingerprint density at radius 2 is 2.00 bits per heavy atom. The number of nitrogens with one attached hydrogen (secondary N) is 1. The monoisotopic (exact) mass is 257 g/mol. The number of hydrogen-bond donors (Lipinski definition) is 1. The Bertz CT molecular complexity index is 438. The zero-order valence-corrected chi connectivity index (χ0v) is 9.90. The maximum Gasteiger partial charge on any atom is 0.289 e. The van der Waals surface area contributed by atoms with Crippen molar-refractivity contribution in [3.8, 4) is 0 Å². The summed E-state index contributed by atoms with van der Waals surface area (Å²) in [6.07, 6.45) is 0. The van der Waals surface area contributed by atoms with Crippen LogP contribution in [-0.2, 0) is 0 Å². The van der Waals surface area contributed by atoms with Crippen LogP contribution in [0, 0.1) is 20.2 Å². The summed E-state index contributed by atoms with van der Waals surface area (Å²) in [5.74, 6) is 0.662. The van der Waals surface area contributed by atoms with Crippen LogP contribution >= 0.6 is 11.8 Å². The number of nitro groups is 2. The quantitative estimate of drug-likeness (QED) is 0.361. The zero-order chi connectivity index (χ0) is 12.8. The molecule has 92 valence electrons. The van der Waals surface area contributed by atoms with E-state index in [1.54, 1.807) is 7.05 Å². The molecule has 0 amide bonds. The van der Waals surface area contributed by atoms with Crippen molar-refractivity contribution in [1.82, 2.24) is 5.32 Å². The molecule has 0 unspecified atom stereocenters. The van der Waals surface area contributed by atoms with Crippen molar-refractivity contribution >= 4 is 23.1 Å². The fraction of sp³-hybridized carbons (Fsp3) is 0.333. The lowest BCUT2D eigenvalue weighted by Gasteiger charge is -2.02. The van der Waals surface area contributed by atoms with Crippen LogP contribution in [0.25, 0.3) is 0 Å². The lowest BCUT2D eigenvalue weighted by atomic mass is 10.3. The van der Waals surface area contributed by atoms with Crippen LogP contribution in [0.15, 0.2) is 23.1 Å². The maximum absolute atomic E-state index is 10.8. The van der Waals surface area contributed by atoms with Gasteiger partial charge in [-0.1, -0.05) is 0 Å². The van der Waals surface area contributed by atoms with E-state index in [-0.39, 0.29) is 11.4 Å². The van der Waals surface area contributed by atoms with E-state index in [4.69, 9.17) is 0 Å². The molecule has 0 aliphatic carbocycles. The Hall–Kier alpha value is -1.67. The molecule has 0 spiro atoms. The molecule has 1 aromatic rings. The average Bonchev–Trinajstić information content (AvgIpc) is 2.29. The summed E-state index contributed by atoms with van der Waals surface area (Å²) < 4.78 is 0. The molecule has 7 nitrogen and oxygen atoms in total. The highest BCUT2D eigenvalue weighted by molar-refractivity contribution is 7.99. The van der Waals surface area contributed by atoms with Gasteiger partial charge in [-0.25, -0.2) is 0 Å². The highest BCUT2D eigenvalue weighted by Crippen LogP contribution is 2.32. The van der Waals surface area contributed by atoms with Crippen LogP contribution in [0.3, 0.4) is 0 Å². The van der Waals surface area contributed by atoms with Gasteiger partial charge in [-0.05, 0) is 13.1 Å². The first-order valence-electron chi connectivity index (χ1n) is 4.76. The van der Waals surface area contributed by atoms with E-state index in [1.807, 2.05) is 0 Å². The molecule has 0 heterocycles. The van der Waals surface area contributed by atoms with Gasteiger partial charge in [0.15, 0.2) is 0 Å². The minimum atomic E-state index is -0.644. The van der Waals surface area contributed by atoms with Crippen LogP contribution in [0.4, 0.5) is 11.4 Å². The van der Waals surface area contributed by atoms with Gasteiger partial charge in [0, 0.05) is 18.4 Å². The molecule has 0 bridgehead atoms. The van der Waals surface area contributed by atoms with Gasteiger partial charge in [0.2, 0.25) is 0 Å². The van der Waals surface area contributed by atoms with Gasteiger partial charge in [-0.15, -0.1) is 11.8 Å². The van der Waals surface area contributed by atoms with Crippen LogP contribution in [0.1, 0.15) is 0 Å². The molecule has 17 heavy (non-hydrogen) atoms. The second-order valence-corrected chi connectivity index (χ2v) is 4.26. The molecule has 1 aromatic carbocycles.